The average molecular weight is 580 g/mol. The summed E-state index contributed by atoms with van der Waals surface area (Å²) in [6, 6.07) is 53.3. The first-order chi connectivity index (χ1) is 22.3. The average Bonchev–Trinajstić information content (AvgIpc) is 3.49. The molecule has 2 unspecified atom stereocenters. The van der Waals surface area contributed by atoms with Gasteiger partial charge in [0.1, 0.15) is 29.3 Å². The largest absolute Gasteiger partial charge is 0.455 e. The molecule has 0 amide bonds. The minimum absolute atomic E-state index is 0.219. The van der Waals surface area contributed by atoms with Crippen LogP contribution in [0.25, 0.3) is 54.6 Å². The zero-order valence-electron chi connectivity index (χ0n) is 24.4. The minimum Gasteiger partial charge on any atom is -0.455 e. The number of hydrogen-bond donors (Lipinski definition) is 2. The van der Waals surface area contributed by atoms with E-state index in [4.69, 9.17) is 9.41 Å². The molecule has 7 aromatic carbocycles. The molecule has 9 rings (SSSR count). The summed E-state index contributed by atoms with van der Waals surface area (Å²) in [4.78, 5) is 5.13. The van der Waals surface area contributed by atoms with E-state index in [0.29, 0.717) is 0 Å². The van der Waals surface area contributed by atoms with E-state index in [0.717, 1.165) is 61.0 Å². The van der Waals surface area contributed by atoms with Gasteiger partial charge in [0, 0.05) is 27.5 Å². The molecule has 4 nitrogen and oxygen atoms in total. The zero-order chi connectivity index (χ0) is 29.7. The maximum absolute atomic E-state index is 6.83. The predicted molar refractivity (Wildman–Crippen MR) is 185 cm³/mol. The van der Waals surface area contributed by atoms with Crippen molar-refractivity contribution in [3.63, 3.8) is 0 Å². The number of nitrogens with one attached hydrogen (secondary N) is 2. The van der Waals surface area contributed by atoms with Crippen molar-refractivity contribution in [1.82, 2.24) is 10.6 Å². The Hall–Kier alpha value is -5.71. The van der Waals surface area contributed by atoms with Gasteiger partial charge in [-0.3, -0.25) is 5.32 Å². The Morgan fingerprint density at radius 1 is 0.556 bits per heavy atom. The lowest BCUT2D eigenvalue weighted by molar-refractivity contribution is 0.411. The Morgan fingerprint density at radius 3 is 2.00 bits per heavy atom. The molecule has 0 bridgehead atoms. The smallest absolute Gasteiger partial charge is 0.143 e. The molecule has 2 atom stereocenters. The van der Waals surface area contributed by atoms with Crippen LogP contribution in [0.1, 0.15) is 29.0 Å². The topological polar surface area (TPSA) is 49.6 Å². The fraction of sp³-hybridized carbons (Fsp3) is 0.0488. The third-order valence-corrected chi connectivity index (χ3v) is 8.92. The molecule has 0 spiro atoms. The highest BCUT2D eigenvalue weighted by Crippen LogP contribution is 2.42. The van der Waals surface area contributed by atoms with E-state index in [2.05, 4.69) is 150 Å². The fourth-order valence-electron chi connectivity index (χ4n) is 6.68. The van der Waals surface area contributed by atoms with E-state index in [1.54, 1.807) is 0 Å². The zero-order valence-corrected chi connectivity index (χ0v) is 24.4. The standard InChI is InChI=1S/C41H29N3O/c1-3-12-27(13-4-1)39-42-40(28-14-5-2-6-15-28)44-41(43-39)34-22-21-33(32-20-19-26-11-7-8-16-29(26)23-32)38-37(34)35-24-30-17-9-10-18-31(30)25-36(35)45-38/h1-25,39,41,43H,(H,42,44). The molecule has 2 N–H and O–H groups in total. The monoisotopic (exact) mass is 579 g/mol. The number of furan rings is 1. The highest BCUT2D eigenvalue weighted by Gasteiger charge is 2.29. The van der Waals surface area contributed by atoms with Gasteiger partial charge in [-0.15, -0.1) is 0 Å². The van der Waals surface area contributed by atoms with Gasteiger partial charge in [-0.2, -0.15) is 0 Å². The molecule has 1 aliphatic rings. The fourth-order valence-corrected chi connectivity index (χ4v) is 6.68. The number of amidine groups is 1. The van der Waals surface area contributed by atoms with Crippen molar-refractivity contribution in [3.8, 4) is 11.1 Å². The number of benzene rings is 7. The highest BCUT2D eigenvalue weighted by atomic mass is 16.3. The summed E-state index contributed by atoms with van der Waals surface area (Å²) < 4.78 is 6.83. The maximum Gasteiger partial charge on any atom is 0.143 e. The first-order valence-corrected chi connectivity index (χ1v) is 15.4. The quantitative estimate of drug-likeness (QED) is 0.218. The lowest BCUT2D eigenvalue weighted by Gasteiger charge is -2.32. The van der Waals surface area contributed by atoms with Gasteiger partial charge in [0.15, 0.2) is 0 Å². The lowest BCUT2D eigenvalue weighted by atomic mass is 9.94. The molecule has 0 saturated heterocycles. The molecule has 4 heteroatoms. The van der Waals surface area contributed by atoms with Crippen LogP contribution in [-0.4, -0.2) is 5.84 Å². The first-order valence-electron chi connectivity index (χ1n) is 15.4. The third kappa shape index (κ3) is 4.46. The van der Waals surface area contributed by atoms with E-state index in [-0.39, 0.29) is 12.3 Å². The summed E-state index contributed by atoms with van der Waals surface area (Å²) in [6.45, 7) is 0. The van der Waals surface area contributed by atoms with Gasteiger partial charge in [0.05, 0.1) is 0 Å². The second kappa shape index (κ2) is 10.5. The van der Waals surface area contributed by atoms with Crippen LogP contribution in [0.3, 0.4) is 0 Å². The van der Waals surface area contributed by atoms with Crippen molar-refractivity contribution in [2.75, 3.05) is 0 Å². The van der Waals surface area contributed by atoms with Crippen molar-refractivity contribution >= 4 is 49.3 Å². The van der Waals surface area contributed by atoms with E-state index in [1.165, 1.54) is 16.2 Å². The van der Waals surface area contributed by atoms with Crippen LogP contribution in [0.2, 0.25) is 0 Å². The number of fused-ring (bicyclic) bond motifs is 5. The minimum atomic E-state index is -0.220. The molecule has 2 heterocycles. The molecule has 0 radical (unpaired) electrons. The molecule has 0 fully saturated rings. The predicted octanol–water partition coefficient (Wildman–Crippen LogP) is 9.90. The van der Waals surface area contributed by atoms with E-state index in [1.807, 2.05) is 12.1 Å². The molecule has 0 saturated carbocycles. The van der Waals surface area contributed by atoms with Gasteiger partial charge in [-0.25, -0.2) is 4.99 Å². The summed E-state index contributed by atoms with van der Waals surface area (Å²) in [7, 11) is 0. The van der Waals surface area contributed by atoms with Crippen LogP contribution in [0.5, 0.6) is 0 Å². The van der Waals surface area contributed by atoms with Gasteiger partial charge in [0.25, 0.3) is 0 Å². The van der Waals surface area contributed by atoms with Gasteiger partial charge in [0.2, 0.25) is 0 Å². The Balaban J connectivity index is 1.27. The molecule has 214 valence electrons. The summed E-state index contributed by atoms with van der Waals surface area (Å²) >= 11 is 0. The van der Waals surface area contributed by atoms with Crippen LogP contribution in [0.15, 0.2) is 161 Å². The van der Waals surface area contributed by atoms with Crippen LogP contribution >= 0.6 is 0 Å². The van der Waals surface area contributed by atoms with Crippen molar-refractivity contribution in [1.29, 1.82) is 0 Å². The van der Waals surface area contributed by atoms with E-state index < -0.39 is 0 Å². The normalized spacial score (nSPS) is 16.7. The maximum atomic E-state index is 6.83. The Morgan fingerprint density at radius 2 is 1.22 bits per heavy atom. The molecule has 8 aromatic rings. The second-order valence-electron chi connectivity index (χ2n) is 11.7. The van der Waals surface area contributed by atoms with Crippen LogP contribution < -0.4 is 10.6 Å². The third-order valence-electron chi connectivity index (χ3n) is 8.92. The van der Waals surface area contributed by atoms with Crippen molar-refractivity contribution in [2.24, 2.45) is 4.99 Å². The van der Waals surface area contributed by atoms with Gasteiger partial charge < -0.3 is 9.73 Å². The van der Waals surface area contributed by atoms with E-state index in [9.17, 15) is 0 Å². The van der Waals surface area contributed by atoms with Crippen LogP contribution in [0, 0.1) is 0 Å². The Kier molecular flexibility index (Phi) is 6.00. The summed E-state index contributed by atoms with van der Waals surface area (Å²) in [5.74, 6) is 0.859. The number of rotatable bonds is 4. The molecule has 1 aliphatic heterocycles. The van der Waals surface area contributed by atoms with Gasteiger partial charge >= 0.3 is 0 Å². The Bertz CT molecular complexity index is 2390. The van der Waals surface area contributed by atoms with Gasteiger partial charge in [-0.1, -0.05) is 133 Å². The SMILES string of the molecule is c1ccc(C2=NC(c3ccccc3)NC(c3ccc(-c4ccc5ccccc5c4)c4oc5cc6ccccc6cc5c34)N2)cc1. The second-order valence-corrected chi connectivity index (χ2v) is 11.7. The molecule has 45 heavy (non-hydrogen) atoms. The summed E-state index contributed by atoms with van der Waals surface area (Å²) in [5, 5.41) is 14.5. The number of nitrogens with zero attached hydrogens (tertiary/aromatic N) is 1. The number of aliphatic imine (C=N–C) groups is 1. The van der Waals surface area contributed by atoms with Crippen molar-refractivity contribution < 1.29 is 4.42 Å². The van der Waals surface area contributed by atoms with Crippen LogP contribution in [-0.2, 0) is 0 Å². The summed E-state index contributed by atoms with van der Waals surface area (Å²) in [6.07, 6.45) is -0.440. The van der Waals surface area contributed by atoms with Crippen molar-refractivity contribution in [3.05, 3.63) is 168 Å². The van der Waals surface area contributed by atoms with Crippen LogP contribution in [0.4, 0.5) is 0 Å². The molecular weight excluding hydrogens is 550 g/mol. The van der Waals surface area contributed by atoms with Gasteiger partial charge in [-0.05, 0) is 50.9 Å². The number of hydrogen-bond acceptors (Lipinski definition) is 4. The van der Waals surface area contributed by atoms with Crippen molar-refractivity contribution in [2.45, 2.75) is 12.3 Å². The highest BCUT2D eigenvalue weighted by molar-refractivity contribution is 6.15. The molecule has 1 aromatic heterocycles. The Labute approximate surface area is 260 Å². The first kappa shape index (κ1) is 25.8. The lowest BCUT2D eigenvalue weighted by Crippen LogP contribution is -2.45. The molecular formula is C41H29N3O. The van der Waals surface area contributed by atoms with E-state index >= 15 is 0 Å². The summed E-state index contributed by atoms with van der Waals surface area (Å²) in [5.41, 5.74) is 7.26. The molecule has 0 aliphatic carbocycles.